The molecule has 0 atom stereocenters. The van der Waals surface area contributed by atoms with Gasteiger partial charge in [0, 0.05) is 55.5 Å². The molecule has 10 heteroatoms. The summed E-state index contributed by atoms with van der Waals surface area (Å²) in [5, 5.41) is 4.79. The maximum absolute atomic E-state index is 13.0. The van der Waals surface area contributed by atoms with E-state index in [9.17, 15) is 4.79 Å². The lowest BCUT2D eigenvalue weighted by molar-refractivity contribution is -0.782. The van der Waals surface area contributed by atoms with E-state index in [1.165, 1.54) is 11.9 Å². The highest BCUT2D eigenvalue weighted by molar-refractivity contribution is 6.09. The van der Waals surface area contributed by atoms with Crippen LogP contribution < -0.4 is 10.4 Å². The number of nitrogens with zero attached hydrogens (tertiary/aromatic N) is 5. The number of aryl methyl sites for hydroxylation is 1. The lowest BCUT2D eigenvalue weighted by Gasteiger charge is -2.29. The summed E-state index contributed by atoms with van der Waals surface area (Å²) in [6.07, 6.45) is 7.49. The van der Waals surface area contributed by atoms with Crippen LogP contribution >= 0.6 is 0 Å². The Balaban J connectivity index is 1.61. The minimum absolute atomic E-state index is 0.285. The van der Waals surface area contributed by atoms with Crippen LogP contribution in [0.5, 0.6) is 0 Å². The maximum Gasteiger partial charge on any atom is 0.410 e. The predicted molar refractivity (Wildman–Crippen MR) is 146 cm³/mol. The second kappa shape index (κ2) is 10.2. The molecule has 1 saturated heterocycles. The van der Waals surface area contributed by atoms with Gasteiger partial charge in [-0.1, -0.05) is 0 Å². The van der Waals surface area contributed by atoms with E-state index in [-0.39, 0.29) is 6.09 Å². The summed E-state index contributed by atoms with van der Waals surface area (Å²) in [5.41, 5.74) is 11.2. The van der Waals surface area contributed by atoms with Gasteiger partial charge in [0.05, 0.1) is 49.2 Å². The van der Waals surface area contributed by atoms with Crippen molar-refractivity contribution in [1.29, 1.82) is 0 Å². The Labute approximate surface area is 223 Å². The van der Waals surface area contributed by atoms with Gasteiger partial charge in [-0.2, -0.15) is 0 Å². The number of nitrogens with two attached hydrogens (primary N) is 1. The van der Waals surface area contributed by atoms with E-state index < -0.39 is 5.60 Å². The second-order valence-electron chi connectivity index (χ2n) is 11.0. The van der Waals surface area contributed by atoms with Crippen LogP contribution in [0, 0.1) is 6.92 Å². The van der Waals surface area contributed by atoms with Gasteiger partial charge in [0.15, 0.2) is 11.9 Å². The topological polar surface area (TPSA) is 115 Å². The lowest BCUT2D eigenvalue weighted by Crippen LogP contribution is -2.49. The number of hydrogen-bond acceptors (Lipinski definition) is 6. The highest BCUT2D eigenvalue weighted by atomic mass is 16.6. The van der Waals surface area contributed by atoms with Crippen molar-refractivity contribution in [3.63, 3.8) is 0 Å². The normalized spacial score (nSPS) is 17.4. The Morgan fingerprint density at radius 3 is 2.76 bits per heavy atom. The van der Waals surface area contributed by atoms with Crippen molar-refractivity contribution in [2.24, 2.45) is 10.7 Å². The fourth-order valence-corrected chi connectivity index (χ4v) is 5.44. The Kier molecular flexibility index (Phi) is 7.00. The van der Waals surface area contributed by atoms with Crippen molar-refractivity contribution in [2.75, 3.05) is 26.8 Å². The number of rotatable bonds is 4. The van der Waals surface area contributed by atoms with E-state index >= 15 is 0 Å². The van der Waals surface area contributed by atoms with Gasteiger partial charge < -0.3 is 20.1 Å². The Morgan fingerprint density at radius 1 is 1.32 bits per heavy atom. The molecule has 0 aliphatic carbocycles. The van der Waals surface area contributed by atoms with E-state index in [4.69, 9.17) is 20.2 Å². The largest absolute Gasteiger partial charge is 0.444 e. The smallest absolute Gasteiger partial charge is 0.410 e. The fraction of sp³-hybridized carbons (Fsp3) is 0.500. The Morgan fingerprint density at radius 2 is 2.08 bits per heavy atom. The minimum Gasteiger partial charge on any atom is -0.444 e. The first-order valence-corrected chi connectivity index (χ1v) is 13.2. The van der Waals surface area contributed by atoms with Crippen molar-refractivity contribution >= 4 is 28.8 Å². The number of pyridine rings is 1. The van der Waals surface area contributed by atoms with Crippen molar-refractivity contribution in [2.45, 2.75) is 65.1 Å². The number of nitrogens with one attached hydrogen (secondary N) is 1. The molecule has 5 rings (SSSR count). The minimum atomic E-state index is -0.545. The highest BCUT2D eigenvalue weighted by Crippen LogP contribution is 2.31. The summed E-state index contributed by atoms with van der Waals surface area (Å²) >= 11 is 0. The van der Waals surface area contributed by atoms with Gasteiger partial charge in [-0.05, 0) is 39.8 Å². The number of hydrogen-bond donors (Lipinski definition) is 2. The molecule has 0 aromatic carbocycles. The van der Waals surface area contributed by atoms with Crippen LogP contribution in [0.2, 0.25) is 0 Å². The Hall–Kier alpha value is -3.66. The second-order valence-corrected chi connectivity index (χ2v) is 11.0. The van der Waals surface area contributed by atoms with Crippen molar-refractivity contribution in [3.05, 3.63) is 47.2 Å². The van der Waals surface area contributed by atoms with Gasteiger partial charge in [-0.25, -0.2) is 4.79 Å². The predicted octanol–water partition coefficient (Wildman–Crippen LogP) is 3.59. The quantitative estimate of drug-likeness (QED) is 0.403. The van der Waals surface area contributed by atoms with E-state index in [1.54, 1.807) is 18.2 Å². The SMILES string of the molecule is CN=CC(=CN)c1cc2cc(C)n(-c3[nH][n+](C4CCOCC4)c4c3CN(C(=O)OC(C)(C)C)CC4)c2cn1. The molecule has 38 heavy (non-hydrogen) atoms. The fourth-order valence-electron chi connectivity index (χ4n) is 5.44. The van der Waals surface area contributed by atoms with Gasteiger partial charge in [0.25, 0.3) is 0 Å². The average molecular weight is 521 g/mol. The van der Waals surface area contributed by atoms with Crippen LogP contribution in [0.15, 0.2) is 29.5 Å². The number of aromatic nitrogens is 4. The summed E-state index contributed by atoms with van der Waals surface area (Å²) in [6.45, 7) is 10.4. The Bertz CT molecular complexity index is 1400. The number of carbonyl (C=O) groups is 1. The van der Waals surface area contributed by atoms with E-state index in [0.29, 0.717) is 19.1 Å². The molecule has 3 N–H and O–H groups in total. The number of aromatic amines is 1. The molecular formula is C28H38N7O3+. The van der Waals surface area contributed by atoms with Crippen LogP contribution in [0.1, 0.15) is 62.3 Å². The highest BCUT2D eigenvalue weighted by Gasteiger charge is 2.38. The number of amides is 1. The third-order valence-electron chi connectivity index (χ3n) is 7.17. The molecular weight excluding hydrogens is 482 g/mol. The van der Waals surface area contributed by atoms with E-state index in [2.05, 4.69) is 32.3 Å². The third-order valence-corrected chi connectivity index (χ3v) is 7.17. The first-order chi connectivity index (χ1) is 18.2. The molecule has 0 unspecified atom stereocenters. The number of carbonyl (C=O) groups excluding carboxylic acids is 1. The molecule has 0 bridgehead atoms. The summed E-state index contributed by atoms with van der Waals surface area (Å²) in [4.78, 5) is 23.6. The number of aliphatic imine (C=N–C) groups is 1. The summed E-state index contributed by atoms with van der Waals surface area (Å²) in [5.74, 6) is 0.964. The molecule has 2 aliphatic rings. The third kappa shape index (κ3) is 4.92. The zero-order valence-electron chi connectivity index (χ0n) is 23.0. The first-order valence-electron chi connectivity index (χ1n) is 13.2. The monoisotopic (exact) mass is 520 g/mol. The molecule has 10 nitrogen and oxygen atoms in total. The van der Waals surface area contributed by atoms with E-state index in [1.807, 2.05) is 33.0 Å². The summed E-state index contributed by atoms with van der Waals surface area (Å²) in [7, 11) is 1.71. The number of H-pyrrole nitrogens is 1. The number of ether oxygens (including phenoxy) is 2. The molecule has 0 saturated carbocycles. The molecule has 1 fully saturated rings. The van der Waals surface area contributed by atoms with Crippen LogP contribution in [0.4, 0.5) is 4.79 Å². The molecule has 0 radical (unpaired) electrons. The maximum atomic E-state index is 13.0. The summed E-state index contributed by atoms with van der Waals surface area (Å²) in [6, 6.07) is 4.52. The average Bonchev–Trinajstić information content (AvgIpc) is 3.42. The molecule has 3 aromatic heterocycles. The van der Waals surface area contributed by atoms with Gasteiger partial charge in [-0.3, -0.25) is 14.5 Å². The number of fused-ring (bicyclic) bond motifs is 2. The van der Waals surface area contributed by atoms with Crippen molar-refractivity contribution in [3.8, 4) is 5.82 Å². The standard InChI is InChI=1S/C28H37N7O3/c1-18-12-19-13-23(20(14-29)15-30-5)31-16-25(19)34(18)26-22-17-33(27(36)38-28(2,3)4)9-6-24(22)35(32-26)21-7-10-37-11-8-21/h12-16,21H,6-11,17H2,1-5H3,(H2,29,30,31)/p+1. The zero-order chi connectivity index (χ0) is 27.0. The van der Waals surface area contributed by atoms with Crippen LogP contribution in [-0.2, 0) is 22.4 Å². The molecule has 3 aromatic rings. The molecule has 2 aliphatic heterocycles. The zero-order valence-corrected chi connectivity index (χ0v) is 23.0. The molecule has 5 heterocycles. The van der Waals surface area contributed by atoms with Gasteiger partial charge in [-0.15, -0.1) is 9.78 Å². The molecule has 202 valence electrons. The molecule has 0 spiro atoms. The number of allylic oxidation sites excluding steroid dienone is 1. The first kappa shape index (κ1) is 26.0. The van der Waals surface area contributed by atoms with E-state index in [0.717, 1.165) is 71.7 Å². The van der Waals surface area contributed by atoms with Crippen LogP contribution in [-0.4, -0.2) is 64.3 Å². The van der Waals surface area contributed by atoms with Crippen molar-refractivity contribution in [1.82, 2.24) is 19.5 Å². The van der Waals surface area contributed by atoms with Gasteiger partial charge in [0.2, 0.25) is 5.69 Å². The lowest BCUT2D eigenvalue weighted by atomic mass is 10.0. The van der Waals surface area contributed by atoms with Crippen LogP contribution in [0.3, 0.4) is 0 Å². The van der Waals surface area contributed by atoms with Gasteiger partial charge >= 0.3 is 6.09 Å². The van der Waals surface area contributed by atoms with Crippen LogP contribution in [0.25, 0.3) is 22.3 Å². The van der Waals surface area contributed by atoms with Gasteiger partial charge in [0.1, 0.15) is 5.60 Å². The summed E-state index contributed by atoms with van der Waals surface area (Å²) < 4.78 is 15.9. The molecule has 1 amide bonds. The van der Waals surface area contributed by atoms with Crippen molar-refractivity contribution < 1.29 is 19.0 Å².